The van der Waals surface area contributed by atoms with Crippen molar-refractivity contribution in [1.82, 2.24) is 4.90 Å². The molecule has 1 fully saturated rings. The van der Waals surface area contributed by atoms with Crippen LogP contribution in [0.3, 0.4) is 0 Å². The van der Waals surface area contributed by atoms with Gasteiger partial charge in [-0.25, -0.2) is 0 Å². The lowest BCUT2D eigenvalue weighted by Crippen LogP contribution is -2.26. The first-order chi connectivity index (χ1) is 5.27. The van der Waals surface area contributed by atoms with E-state index in [1.807, 2.05) is 0 Å². The SMILES string of the molecule is CN(C)C1CC=C2CC2CC1. The van der Waals surface area contributed by atoms with E-state index in [0.29, 0.717) is 0 Å². The van der Waals surface area contributed by atoms with Crippen molar-refractivity contribution in [2.45, 2.75) is 31.7 Å². The molecule has 0 saturated heterocycles. The summed E-state index contributed by atoms with van der Waals surface area (Å²) in [4.78, 5) is 2.36. The van der Waals surface area contributed by atoms with E-state index in [4.69, 9.17) is 0 Å². The zero-order valence-corrected chi connectivity index (χ0v) is 7.51. The molecule has 2 unspecified atom stereocenters. The maximum Gasteiger partial charge on any atom is 0.0124 e. The fourth-order valence-electron chi connectivity index (χ4n) is 2.03. The topological polar surface area (TPSA) is 3.24 Å². The van der Waals surface area contributed by atoms with Gasteiger partial charge in [0.25, 0.3) is 0 Å². The number of nitrogens with zero attached hydrogens (tertiary/aromatic N) is 1. The Bertz CT molecular complexity index is 181. The van der Waals surface area contributed by atoms with Crippen molar-refractivity contribution < 1.29 is 0 Å². The Labute approximate surface area is 69.1 Å². The summed E-state index contributed by atoms with van der Waals surface area (Å²) in [5.41, 5.74) is 1.74. The van der Waals surface area contributed by atoms with Crippen molar-refractivity contribution in [1.29, 1.82) is 0 Å². The van der Waals surface area contributed by atoms with Crippen LogP contribution in [0, 0.1) is 5.92 Å². The number of allylic oxidation sites excluding steroid dienone is 1. The van der Waals surface area contributed by atoms with Gasteiger partial charge in [-0.05, 0) is 45.7 Å². The normalized spacial score (nSPS) is 36.1. The average molecular weight is 151 g/mol. The van der Waals surface area contributed by atoms with E-state index in [-0.39, 0.29) is 0 Å². The van der Waals surface area contributed by atoms with E-state index >= 15 is 0 Å². The van der Waals surface area contributed by atoms with Crippen LogP contribution in [0.25, 0.3) is 0 Å². The third-order valence-electron chi connectivity index (χ3n) is 3.08. The number of rotatable bonds is 1. The minimum atomic E-state index is 0.815. The molecule has 1 heteroatoms. The zero-order valence-electron chi connectivity index (χ0n) is 7.51. The van der Waals surface area contributed by atoms with Crippen LogP contribution in [0.2, 0.25) is 0 Å². The number of hydrogen-bond donors (Lipinski definition) is 0. The largest absolute Gasteiger partial charge is 0.306 e. The Hall–Kier alpha value is -0.300. The third kappa shape index (κ3) is 1.48. The molecule has 0 radical (unpaired) electrons. The van der Waals surface area contributed by atoms with Gasteiger partial charge in [-0.15, -0.1) is 0 Å². The molecule has 1 nitrogen and oxygen atoms in total. The lowest BCUT2D eigenvalue weighted by molar-refractivity contribution is 0.275. The minimum absolute atomic E-state index is 0.815. The maximum absolute atomic E-state index is 2.47. The maximum atomic E-state index is 2.47. The fourth-order valence-corrected chi connectivity index (χ4v) is 2.03. The van der Waals surface area contributed by atoms with E-state index in [9.17, 15) is 0 Å². The summed E-state index contributed by atoms with van der Waals surface area (Å²) in [5.74, 6) is 1.000. The highest BCUT2D eigenvalue weighted by Crippen LogP contribution is 2.44. The summed E-state index contributed by atoms with van der Waals surface area (Å²) in [7, 11) is 4.39. The molecule has 2 rings (SSSR count). The Kier molecular flexibility index (Phi) is 1.76. The number of hydrogen-bond acceptors (Lipinski definition) is 1. The van der Waals surface area contributed by atoms with Gasteiger partial charge in [-0.3, -0.25) is 0 Å². The highest BCUT2D eigenvalue weighted by molar-refractivity contribution is 5.24. The van der Waals surface area contributed by atoms with Crippen LogP contribution in [0.15, 0.2) is 11.6 Å². The molecule has 0 amide bonds. The molecule has 2 aliphatic rings. The standard InChI is InChI=1S/C10H17N/c1-11(2)10-5-3-8-7-9(8)4-6-10/h3,9-10H,4-7H2,1-2H3. The summed E-state index contributed by atoms with van der Waals surface area (Å²) >= 11 is 0. The van der Waals surface area contributed by atoms with Gasteiger partial charge >= 0.3 is 0 Å². The Balaban J connectivity index is 1.96. The van der Waals surface area contributed by atoms with Crippen LogP contribution < -0.4 is 0 Å². The van der Waals surface area contributed by atoms with Crippen LogP contribution >= 0.6 is 0 Å². The molecule has 2 atom stereocenters. The van der Waals surface area contributed by atoms with E-state index < -0.39 is 0 Å². The third-order valence-corrected chi connectivity index (χ3v) is 3.08. The van der Waals surface area contributed by atoms with Crippen LogP contribution in [0.4, 0.5) is 0 Å². The first kappa shape index (κ1) is 7.35. The molecule has 0 aromatic carbocycles. The molecule has 0 N–H and O–H groups in total. The highest BCUT2D eigenvalue weighted by atomic mass is 15.1. The molecule has 0 aromatic rings. The molecule has 0 spiro atoms. The van der Waals surface area contributed by atoms with Gasteiger partial charge in [0.2, 0.25) is 0 Å². The van der Waals surface area contributed by atoms with Crippen LogP contribution in [0.1, 0.15) is 25.7 Å². The molecule has 0 heterocycles. The minimum Gasteiger partial charge on any atom is -0.306 e. The first-order valence-electron chi connectivity index (χ1n) is 4.62. The molecular formula is C10H17N. The molecular weight excluding hydrogens is 134 g/mol. The zero-order chi connectivity index (χ0) is 7.84. The van der Waals surface area contributed by atoms with Gasteiger partial charge in [0.15, 0.2) is 0 Å². The molecule has 0 aromatic heterocycles. The number of fused-ring (bicyclic) bond motifs is 1. The van der Waals surface area contributed by atoms with Gasteiger partial charge in [-0.1, -0.05) is 11.6 Å². The van der Waals surface area contributed by atoms with Crippen molar-refractivity contribution in [3.8, 4) is 0 Å². The van der Waals surface area contributed by atoms with Gasteiger partial charge in [0.1, 0.15) is 0 Å². The first-order valence-corrected chi connectivity index (χ1v) is 4.62. The van der Waals surface area contributed by atoms with Gasteiger partial charge in [-0.2, -0.15) is 0 Å². The van der Waals surface area contributed by atoms with Crippen LogP contribution in [-0.4, -0.2) is 25.0 Å². The lowest BCUT2D eigenvalue weighted by Gasteiger charge is -2.21. The molecule has 1 saturated carbocycles. The van der Waals surface area contributed by atoms with Crippen LogP contribution in [0.5, 0.6) is 0 Å². The van der Waals surface area contributed by atoms with Crippen molar-refractivity contribution in [2.24, 2.45) is 5.92 Å². The Morgan fingerprint density at radius 3 is 2.91 bits per heavy atom. The summed E-state index contributed by atoms with van der Waals surface area (Å²) in [6.45, 7) is 0. The Morgan fingerprint density at radius 2 is 2.18 bits per heavy atom. The Morgan fingerprint density at radius 1 is 1.36 bits per heavy atom. The predicted molar refractivity (Wildman–Crippen MR) is 47.5 cm³/mol. The van der Waals surface area contributed by atoms with Crippen molar-refractivity contribution in [2.75, 3.05) is 14.1 Å². The smallest absolute Gasteiger partial charge is 0.0124 e. The quantitative estimate of drug-likeness (QED) is 0.518. The summed E-state index contributed by atoms with van der Waals surface area (Å²) in [6, 6.07) is 0.815. The second kappa shape index (κ2) is 2.63. The van der Waals surface area contributed by atoms with E-state index in [1.54, 1.807) is 5.57 Å². The van der Waals surface area contributed by atoms with Crippen molar-refractivity contribution >= 4 is 0 Å². The van der Waals surface area contributed by atoms with E-state index in [0.717, 1.165) is 12.0 Å². The molecule has 0 bridgehead atoms. The van der Waals surface area contributed by atoms with Crippen molar-refractivity contribution in [3.05, 3.63) is 11.6 Å². The summed E-state index contributed by atoms with van der Waals surface area (Å²) in [5, 5.41) is 0. The molecule has 11 heavy (non-hydrogen) atoms. The van der Waals surface area contributed by atoms with Gasteiger partial charge in [0, 0.05) is 6.04 Å². The molecule has 62 valence electrons. The highest BCUT2D eigenvalue weighted by Gasteiger charge is 2.32. The van der Waals surface area contributed by atoms with E-state index in [2.05, 4.69) is 25.1 Å². The van der Waals surface area contributed by atoms with Crippen molar-refractivity contribution in [3.63, 3.8) is 0 Å². The second-order valence-electron chi connectivity index (χ2n) is 4.11. The second-order valence-corrected chi connectivity index (χ2v) is 4.11. The van der Waals surface area contributed by atoms with Gasteiger partial charge in [0.05, 0.1) is 0 Å². The summed E-state index contributed by atoms with van der Waals surface area (Å²) < 4.78 is 0. The average Bonchev–Trinajstić information content (AvgIpc) is 2.60. The predicted octanol–water partition coefficient (Wildman–Crippen LogP) is 2.05. The summed E-state index contributed by atoms with van der Waals surface area (Å²) in [6.07, 6.45) is 8.02. The molecule has 2 aliphatic carbocycles. The van der Waals surface area contributed by atoms with E-state index in [1.165, 1.54) is 25.7 Å². The fraction of sp³-hybridized carbons (Fsp3) is 0.800. The van der Waals surface area contributed by atoms with Gasteiger partial charge < -0.3 is 4.90 Å². The molecule has 0 aliphatic heterocycles. The lowest BCUT2D eigenvalue weighted by atomic mass is 10.1. The van der Waals surface area contributed by atoms with Crippen LogP contribution in [-0.2, 0) is 0 Å². The monoisotopic (exact) mass is 151 g/mol.